The Labute approximate surface area is 177 Å². The number of unbranched alkanes of at least 4 members (excludes halogenated alkanes) is 1. The molecule has 1 nitrogen and oxygen atoms in total. The van der Waals surface area contributed by atoms with Gasteiger partial charge in [-0.2, -0.15) is 9.65 Å². The Morgan fingerprint density at radius 3 is 2.10 bits per heavy atom. The molecular weight excluding hydrogens is 357 g/mol. The average molecular weight is 396 g/mol. The van der Waals surface area contributed by atoms with Gasteiger partial charge >= 0.3 is 0 Å². The second-order valence-electron chi connectivity index (χ2n) is 9.55. The van der Waals surface area contributed by atoms with Crippen molar-refractivity contribution in [2.24, 2.45) is 17.8 Å². The molecule has 0 aromatic heterocycles. The van der Waals surface area contributed by atoms with Crippen molar-refractivity contribution in [3.05, 3.63) is 47.3 Å². The maximum Gasteiger partial charge on any atom is 0.196 e. The van der Waals surface area contributed by atoms with Crippen molar-refractivity contribution in [2.75, 3.05) is 0 Å². The van der Waals surface area contributed by atoms with Crippen LogP contribution >= 0.6 is 0 Å². The predicted molar refractivity (Wildman–Crippen MR) is 119 cm³/mol. The van der Waals surface area contributed by atoms with Crippen molar-refractivity contribution >= 4 is 0 Å². The Kier molecular flexibility index (Phi) is 8.78. The maximum absolute atomic E-state index is 13.1. The van der Waals surface area contributed by atoms with E-state index in [1.807, 2.05) is 0 Å². The molecule has 0 amide bonds. The lowest BCUT2D eigenvalue weighted by molar-refractivity contribution is 0.245. The molecule has 2 fully saturated rings. The first-order chi connectivity index (χ1) is 14.2. The van der Waals surface area contributed by atoms with E-state index >= 15 is 0 Å². The van der Waals surface area contributed by atoms with Crippen LogP contribution in [0.3, 0.4) is 0 Å². The Morgan fingerprint density at radius 1 is 0.966 bits per heavy atom. The number of rotatable bonds is 8. The van der Waals surface area contributed by atoms with Gasteiger partial charge in [-0.3, -0.25) is 0 Å². The Balaban J connectivity index is 1.35. The normalized spacial score (nSPS) is 28.1. The van der Waals surface area contributed by atoms with Crippen molar-refractivity contribution in [3.63, 3.8) is 0 Å². The van der Waals surface area contributed by atoms with Crippen LogP contribution in [-0.4, -0.2) is 0 Å². The predicted octanol–water partition coefficient (Wildman–Crippen LogP) is 8.27. The van der Waals surface area contributed by atoms with Gasteiger partial charge in [0.15, 0.2) is 5.83 Å². The number of allylic oxidation sites excluding steroid dienone is 2. The molecule has 29 heavy (non-hydrogen) atoms. The van der Waals surface area contributed by atoms with E-state index < -0.39 is 5.83 Å². The largest absolute Gasteiger partial charge is 0.196 e. The summed E-state index contributed by atoms with van der Waals surface area (Å²) in [4.78, 5) is 0. The van der Waals surface area contributed by atoms with Gasteiger partial charge in [-0.05, 0) is 105 Å². The third-order valence-electron chi connectivity index (χ3n) is 7.48. The van der Waals surface area contributed by atoms with E-state index in [4.69, 9.17) is 5.26 Å². The highest BCUT2D eigenvalue weighted by Gasteiger charge is 2.25. The standard InChI is InChI=1S/C27H38FN/c1-2-3-4-21-11-15-25(16-12-21)26-17-13-23(14-18-26)6-5-22-7-9-24(10-8-22)19-27(28)20-29/h11-12,15-16,19,22-24,26H,2-10,13-14,17-18H2,1H3/b27-19+/t22-,23-,24-,26-. The fourth-order valence-corrected chi connectivity index (χ4v) is 5.48. The number of hydrogen-bond donors (Lipinski definition) is 0. The van der Waals surface area contributed by atoms with Gasteiger partial charge in [0.1, 0.15) is 6.07 Å². The fraction of sp³-hybridized carbons (Fsp3) is 0.667. The molecule has 1 aromatic rings. The molecule has 0 aliphatic heterocycles. The van der Waals surface area contributed by atoms with Crippen molar-refractivity contribution in [1.29, 1.82) is 5.26 Å². The average Bonchev–Trinajstić information content (AvgIpc) is 2.78. The number of hydrogen-bond acceptors (Lipinski definition) is 1. The lowest BCUT2D eigenvalue weighted by Gasteiger charge is -2.31. The molecular formula is C27H38FN. The van der Waals surface area contributed by atoms with Crippen LogP contribution in [0.4, 0.5) is 4.39 Å². The zero-order chi connectivity index (χ0) is 20.5. The zero-order valence-corrected chi connectivity index (χ0v) is 18.2. The van der Waals surface area contributed by atoms with E-state index in [-0.39, 0.29) is 5.92 Å². The molecule has 0 atom stereocenters. The summed E-state index contributed by atoms with van der Waals surface area (Å²) in [5, 5.41) is 8.59. The van der Waals surface area contributed by atoms with Gasteiger partial charge in [0.2, 0.25) is 0 Å². The first-order valence-corrected chi connectivity index (χ1v) is 12.0. The molecule has 2 saturated carbocycles. The summed E-state index contributed by atoms with van der Waals surface area (Å²) >= 11 is 0. The Morgan fingerprint density at radius 2 is 1.55 bits per heavy atom. The van der Waals surface area contributed by atoms with Gasteiger partial charge in [-0.25, -0.2) is 0 Å². The molecule has 2 heteroatoms. The number of halogens is 1. The molecule has 3 rings (SSSR count). The van der Waals surface area contributed by atoms with E-state index in [0.717, 1.165) is 30.6 Å². The highest BCUT2D eigenvalue weighted by atomic mass is 19.1. The summed E-state index contributed by atoms with van der Waals surface area (Å²) < 4.78 is 13.1. The van der Waals surface area contributed by atoms with Gasteiger partial charge in [-0.1, -0.05) is 50.5 Å². The Bertz CT molecular complexity index is 667. The summed E-state index contributed by atoms with van der Waals surface area (Å²) in [6.07, 6.45) is 18.0. The summed E-state index contributed by atoms with van der Waals surface area (Å²) in [6.45, 7) is 2.26. The SMILES string of the molecule is CCCCc1ccc([C@H]2CC[C@H](CC[C@H]3CC[C@H](/C=C(/F)C#N)CC3)CC2)cc1. The van der Waals surface area contributed by atoms with Crippen LogP contribution in [-0.2, 0) is 6.42 Å². The molecule has 2 aliphatic carbocycles. The molecule has 2 aliphatic rings. The zero-order valence-electron chi connectivity index (χ0n) is 18.2. The van der Waals surface area contributed by atoms with Gasteiger partial charge in [0, 0.05) is 0 Å². The lowest BCUT2D eigenvalue weighted by Crippen LogP contribution is -2.17. The van der Waals surface area contributed by atoms with Gasteiger partial charge < -0.3 is 0 Å². The molecule has 0 unspecified atom stereocenters. The van der Waals surface area contributed by atoms with Crippen molar-refractivity contribution in [3.8, 4) is 6.07 Å². The molecule has 0 bridgehead atoms. The van der Waals surface area contributed by atoms with Crippen LogP contribution < -0.4 is 0 Å². The summed E-state index contributed by atoms with van der Waals surface area (Å²) in [5.74, 6) is 2.18. The monoisotopic (exact) mass is 395 g/mol. The lowest BCUT2D eigenvalue weighted by atomic mass is 9.74. The van der Waals surface area contributed by atoms with Crippen LogP contribution in [0.1, 0.15) is 101 Å². The van der Waals surface area contributed by atoms with Crippen LogP contribution in [0.25, 0.3) is 0 Å². The van der Waals surface area contributed by atoms with E-state index in [1.54, 1.807) is 17.7 Å². The minimum Gasteiger partial charge on any atom is -0.195 e. The highest BCUT2D eigenvalue weighted by molar-refractivity contribution is 5.26. The number of benzene rings is 1. The van der Waals surface area contributed by atoms with Crippen LogP contribution in [0, 0.1) is 29.1 Å². The summed E-state index contributed by atoms with van der Waals surface area (Å²) in [7, 11) is 0. The van der Waals surface area contributed by atoms with Crippen LogP contribution in [0.5, 0.6) is 0 Å². The molecule has 0 spiro atoms. The topological polar surface area (TPSA) is 23.8 Å². The summed E-state index contributed by atoms with van der Waals surface area (Å²) in [5.41, 5.74) is 3.05. The number of nitrogens with zero attached hydrogens (tertiary/aromatic N) is 1. The van der Waals surface area contributed by atoms with Crippen molar-refractivity contribution < 1.29 is 4.39 Å². The first-order valence-electron chi connectivity index (χ1n) is 12.0. The van der Waals surface area contributed by atoms with E-state index in [9.17, 15) is 4.39 Å². The third-order valence-corrected chi connectivity index (χ3v) is 7.48. The smallest absolute Gasteiger partial charge is 0.195 e. The molecule has 0 saturated heterocycles. The van der Waals surface area contributed by atoms with Gasteiger partial charge in [0.25, 0.3) is 0 Å². The van der Waals surface area contributed by atoms with E-state index in [2.05, 4.69) is 31.2 Å². The Hall–Kier alpha value is -1.62. The van der Waals surface area contributed by atoms with Gasteiger partial charge in [0.05, 0.1) is 0 Å². The molecule has 0 radical (unpaired) electrons. The second kappa shape index (κ2) is 11.5. The molecule has 1 aromatic carbocycles. The first kappa shape index (κ1) is 22.1. The van der Waals surface area contributed by atoms with Crippen LogP contribution in [0.15, 0.2) is 36.2 Å². The van der Waals surface area contributed by atoms with E-state index in [0.29, 0.717) is 0 Å². The van der Waals surface area contributed by atoms with Crippen molar-refractivity contribution in [1.82, 2.24) is 0 Å². The summed E-state index contributed by atoms with van der Waals surface area (Å²) in [6, 6.07) is 11.1. The highest BCUT2D eigenvalue weighted by Crippen LogP contribution is 2.40. The molecule has 0 N–H and O–H groups in total. The van der Waals surface area contributed by atoms with Crippen LogP contribution in [0.2, 0.25) is 0 Å². The maximum atomic E-state index is 13.1. The quantitative estimate of drug-likeness (QED) is 0.406. The fourth-order valence-electron chi connectivity index (χ4n) is 5.48. The van der Waals surface area contributed by atoms with E-state index in [1.165, 1.54) is 76.2 Å². The van der Waals surface area contributed by atoms with Gasteiger partial charge in [-0.15, -0.1) is 0 Å². The minimum atomic E-state index is -0.596. The minimum absolute atomic E-state index is 0.287. The van der Waals surface area contributed by atoms with Crippen molar-refractivity contribution in [2.45, 2.75) is 96.3 Å². The molecule has 158 valence electrons. The second-order valence-corrected chi connectivity index (χ2v) is 9.55. The number of nitriles is 1. The molecule has 0 heterocycles. The number of aryl methyl sites for hydroxylation is 1. The third kappa shape index (κ3) is 6.98.